The Labute approximate surface area is 154 Å². The smallest absolute Gasteiger partial charge is 0.229 e. The van der Waals surface area contributed by atoms with Gasteiger partial charge >= 0.3 is 0 Å². The largest absolute Gasteiger partial charge is 0.326 e. The number of halogens is 2. The van der Waals surface area contributed by atoms with Gasteiger partial charge in [-0.05, 0) is 54.4 Å². The van der Waals surface area contributed by atoms with Gasteiger partial charge in [0, 0.05) is 28.8 Å². The summed E-state index contributed by atoms with van der Waals surface area (Å²) in [7, 11) is 0. The van der Waals surface area contributed by atoms with Crippen LogP contribution in [-0.2, 0) is 16.0 Å². The van der Waals surface area contributed by atoms with Crippen LogP contribution < -0.4 is 10.2 Å². The minimum absolute atomic E-state index is 0.127. The molecule has 1 aliphatic heterocycles. The molecule has 1 atom stereocenters. The number of anilines is 2. The first kappa shape index (κ1) is 17.6. The zero-order valence-electron chi connectivity index (χ0n) is 13.8. The van der Waals surface area contributed by atoms with E-state index in [0.717, 1.165) is 22.1 Å². The van der Waals surface area contributed by atoms with Crippen LogP contribution in [0.15, 0.2) is 46.9 Å². The molecule has 130 valence electrons. The molecule has 0 unspecified atom stereocenters. The van der Waals surface area contributed by atoms with Crippen LogP contribution >= 0.6 is 15.9 Å². The van der Waals surface area contributed by atoms with E-state index in [9.17, 15) is 14.0 Å². The lowest BCUT2D eigenvalue weighted by molar-refractivity contribution is -0.122. The molecule has 25 heavy (non-hydrogen) atoms. The van der Waals surface area contributed by atoms with Gasteiger partial charge in [0.1, 0.15) is 5.82 Å². The SMILES string of the molecule is CCc1cc(Br)ccc1NC(=O)[C@H]1CC(=O)N(c2ccc(F)cc2)C1. The Kier molecular flexibility index (Phi) is 5.18. The number of nitrogens with zero attached hydrogens (tertiary/aromatic N) is 1. The van der Waals surface area contributed by atoms with Crippen molar-refractivity contribution in [1.29, 1.82) is 0 Å². The van der Waals surface area contributed by atoms with Crippen LogP contribution in [0, 0.1) is 11.7 Å². The highest BCUT2D eigenvalue weighted by Crippen LogP contribution is 2.27. The second-order valence-electron chi connectivity index (χ2n) is 6.03. The van der Waals surface area contributed by atoms with Crippen molar-refractivity contribution in [2.75, 3.05) is 16.8 Å². The molecule has 1 aliphatic rings. The van der Waals surface area contributed by atoms with Gasteiger partial charge in [0.25, 0.3) is 0 Å². The molecule has 6 heteroatoms. The van der Waals surface area contributed by atoms with Crippen molar-refractivity contribution in [3.05, 3.63) is 58.3 Å². The molecule has 0 radical (unpaired) electrons. The van der Waals surface area contributed by atoms with E-state index in [1.54, 1.807) is 12.1 Å². The molecule has 2 amide bonds. The van der Waals surface area contributed by atoms with E-state index in [0.29, 0.717) is 12.2 Å². The standard InChI is InChI=1S/C19H18BrFN2O2/c1-2-12-9-14(20)3-8-17(12)22-19(25)13-10-18(24)23(11-13)16-6-4-15(21)5-7-16/h3-9,13H,2,10-11H2,1H3,(H,22,25)/t13-/m0/s1. The number of nitrogens with one attached hydrogen (secondary N) is 1. The summed E-state index contributed by atoms with van der Waals surface area (Å²) in [5.41, 5.74) is 2.41. The third kappa shape index (κ3) is 3.90. The highest BCUT2D eigenvalue weighted by Gasteiger charge is 2.35. The predicted molar refractivity (Wildman–Crippen MR) is 99.0 cm³/mol. The van der Waals surface area contributed by atoms with Gasteiger partial charge in [-0.3, -0.25) is 9.59 Å². The van der Waals surface area contributed by atoms with Gasteiger partial charge in [0.05, 0.1) is 5.92 Å². The third-order valence-electron chi connectivity index (χ3n) is 4.34. The van der Waals surface area contributed by atoms with Gasteiger partial charge < -0.3 is 10.2 Å². The molecular formula is C19H18BrFN2O2. The van der Waals surface area contributed by atoms with E-state index in [2.05, 4.69) is 21.2 Å². The van der Waals surface area contributed by atoms with E-state index in [1.807, 2.05) is 25.1 Å². The molecule has 2 aromatic carbocycles. The van der Waals surface area contributed by atoms with Crippen LogP contribution in [0.3, 0.4) is 0 Å². The number of amides is 2. The van der Waals surface area contributed by atoms with Crippen LogP contribution in [0.2, 0.25) is 0 Å². The highest BCUT2D eigenvalue weighted by molar-refractivity contribution is 9.10. The van der Waals surface area contributed by atoms with Crippen molar-refractivity contribution >= 4 is 39.1 Å². The van der Waals surface area contributed by atoms with Crippen molar-refractivity contribution in [3.63, 3.8) is 0 Å². The monoisotopic (exact) mass is 404 g/mol. The van der Waals surface area contributed by atoms with E-state index in [1.165, 1.54) is 17.0 Å². The van der Waals surface area contributed by atoms with Gasteiger partial charge in [-0.25, -0.2) is 4.39 Å². The zero-order chi connectivity index (χ0) is 18.0. The minimum Gasteiger partial charge on any atom is -0.326 e. The summed E-state index contributed by atoms with van der Waals surface area (Å²) in [4.78, 5) is 26.4. The number of rotatable bonds is 4. The first-order valence-electron chi connectivity index (χ1n) is 8.13. The lowest BCUT2D eigenvalue weighted by Gasteiger charge is -2.17. The number of aryl methyl sites for hydroxylation is 1. The number of hydrogen-bond donors (Lipinski definition) is 1. The maximum Gasteiger partial charge on any atom is 0.229 e. The van der Waals surface area contributed by atoms with Crippen molar-refractivity contribution in [2.24, 2.45) is 5.92 Å². The van der Waals surface area contributed by atoms with E-state index in [-0.39, 0.29) is 24.1 Å². The fourth-order valence-electron chi connectivity index (χ4n) is 2.97. The van der Waals surface area contributed by atoms with Crippen molar-refractivity contribution in [2.45, 2.75) is 19.8 Å². The summed E-state index contributed by atoms with van der Waals surface area (Å²) in [5.74, 6) is -1.08. The number of benzene rings is 2. The van der Waals surface area contributed by atoms with Gasteiger partial charge in [-0.2, -0.15) is 0 Å². The Morgan fingerprint density at radius 2 is 2.00 bits per heavy atom. The van der Waals surface area contributed by atoms with E-state index in [4.69, 9.17) is 0 Å². The van der Waals surface area contributed by atoms with Crippen LogP contribution in [0.5, 0.6) is 0 Å². The normalized spacial score (nSPS) is 17.0. The molecule has 1 N–H and O–H groups in total. The van der Waals surface area contributed by atoms with Crippen LogP contribution in [0.4, 0.5) is 15.8 Å². The molecule has 1 saturated heterocycles. The van der Waals surface area contributed by atoms with Gasteiger partial charge in [-0.15, -0.1) is 0 Å². The summed E-state index contributed by atoms with van der Waals surface area (Å²) in [6.07, 6.45) is 0.946. The lowest BCUT2D eigenvalue weighted by Crippen LogP contribution is -2.28. The van der Waals surface area contributed by atoms with E-state index < -0.39 is 5.92 Å². The molecule has 0 aromatic heterocycles. The Morgan fingerprint density at radius 1 is 1.28 bits per heavy atom. The van der Waals surface area contributed by atoms with Crippen molar-refractivity contribution in [1.82, 2.24) is 0 Å². The van der Waals surface area contributed by atoms with Gasteiger partial charge in [-0.1, -0.05) is 22.9 Å². The first-order chi connectivity index (χ1) is 12.0. The van der Waals surface area contributed by atoms with Gasteiger partial charge in [0.15, 0.2) is 0 Å². The third-order valence-corrected chi connectivity index (χ3v) is 4.83. The molecule has 1 fully saturated rings. The molecule has 4 nitrogen and oxygen atoms in total. The Morgan fingerprint density at radius 3 is 2.68 bits per heavy atom. The predicted octanol–water partition coefficient (Wildman–Crippen LogP) is 4.14. The fraction of sp³-hybridized carbons (Fsp3) is 0.263. The maximum absolute atomic E-state index is 13.0. The summed E-state index contributed by atoms with van der Waals surface area (Å²) < 4.78 is 14.0. The topological polar surface area (TPSA) is 49.4 Å². The van der Waals surface area contributed by atoms with Crippen LogP contribution in [0.25, 0.3) is 0 Å². The average Bonchev–Trinajstić information content (AvgIpc) is 2.99. The van der Waals surface area contributed by atoms with Gasteiger partial charge in [0.2, 0.25) is 11.8 Å². The summed E-state index contributed by atoms with van der Waals surface area (Å²) in [6.45, 7) is 2.32. The minimum atomic E-state index is -0.425. The molecular weight excluding hydrogens is 387 g/mol. The zero-order valence-corrected chi connectivity index (χ0v) is 15.3. The maximum atomic E-state index is 13.0. The number of hydrogen-bond acceptors (Lipinski definition) is 2. The molecule has 0 bridgehead atoms. The second kappa shape index (κ2) is 7.35. The van der Waals surface area contributed by atoms with Crippen molar-refractivity contribution in [3.8, 4) is 0 Å². The Bertz CT molecular complexity index is 808. The summed E-state index contributed by atoms with van der Waals surface area (Å²) in [5, 5.41) is 2.93. The molecule has 0 saturated carbocycles. The lowest BCUT2D eigenvalue weighted by atomic mass is 10.1. The Hall–Kier alpha value is -2.21. The molecule has 2 aromatic rings. The number of carbonyl (C=O) groups excluding carboxylic acids is 2. The fourth-order valence-corrected chi connectivity index (χ4v) is 3.37. The molecule has 0 aliphatic carbocycles. The second-order valence-corrected chi connectivity index (χ2v) is 6.94. The molecule has 3 rings (SSSR count). The van der Waals surface area contributed by atoms with Crippen LogP contribution in [0.1, 0.15) is 18.9 Å². The molecule has 1 heterocycles. The summed E-state index contributed by atoms with van der Waals surface area (Å²) >= 11 is 3.43. The van der Waals surface area contributed by atoms with Crippen LogP contribution in [-0.4, -0.2) is 18.4 Å². The summed E-state index contributed by atoms with van der Waals surface area (Å²) in [6, 6.07) is 11.4. The number of carbonyl (C=O) groups is 2. The Balaban J connectivity index is 1.72. The van der Waals surface area contributed by atoms with Crippen molar-refractivity contribution < 1.29 is 14.0 Å². The quantitative estimate of drug-likeness (QED) is 0.831. The average molecular weight is 405 g/mol. The first-order valence-corrected chi connectivity index (χ1v) is 8.92. The molecule has 0 spiro atoms. The van der Waals surface area contributed by atoms with E-state index >= 15 is 0 Å². The highest BCUT2D eigenvalue weighted by atomic mass is 79.9.